The molecule has 1 heterocycles. The minimum Gasteiger partial charge on any atom is -0.378 e. The summed E-state index contributed by atoms with van der Waals surface area (Å²) < 4.78 is 0. The van der Waals surface area contributed by atoms with Crippen LogP contribution in [0.4, 0.5) is 11.4 Å². The van der Waals surface area contributed by atoms with Gasteiger partial charge in [0.2, 0.25) is 5.91 Å². The van der Waals surface area contributed by atoms with E-state index in [4.69, 9.17) is 28.1 Å². The van der Waals surface area contributed by atoms with Gasteiger partial charge in [-0.1, -0.05) is 35.9 Å². The molecule has 0 saturated heterocycles. The average molecular weight is 451 g/mol. The highest BCUT2D eigenvalue weighted by molar-refractivity contribution is 6.30. The number of fused-ring (bicyclic) bond motifs is 1. The van der Waals surface area contributed by atoms with Crippen molar-refractivity contribution in [1.29, 1.82) is 0 Å². The van der Waals surface area contributed by atoms with E-state index in [0.717, 1.165) is 53.2 Å². The number of aryl methyl sites for hydroxylation is 1. The van der Waals surface area contributed by atoms with Crippen LogP contribution in [0.25, 0.3) is 11.3 Å². The molecule has 0 radical (unpaired) electrons. The number of hydrogen-bond donors (Lipinski definition) is 4. The second-order valence-electron chi connectivity index (χ2n) is 8.57. The number of aromatic nitrogens is 1. The Morgan fingerprint density at radius 2 is 1.97 bits per heavy atom. The molecule has 0 fully saturated rings. The molecule has 166 valence electrons. The molecule has 6 N–H and O–H groups in total. The van der Waals surface area contributed by atoms with Gasteiger partial charge < -0.3 is 21.9 Å². The van der Waals surface area contributed by atoms with Crippen molar-refractivity contribution >= 4 is 28.9 Å². The van der Waals surface area contributed by atoms with E-state index in [1.165, 1.54) is 5.56 Å². The molecule has 2 atom stereocenters. The van der Waals surface area contributed by atoms with Gasteiger partial charge in [-0.05, 0) is 74.1 Å². The number of aliphatic hydroxyl groups is 1. The molecule has 0 bridgehead atoms. The van der Waals surface area contributed by atoms with E-state index in [9.17, 15) is 9.90 Å². The molecule has 6 nitrogen and oxygen atoms in total. The van der Waals surface area contributed by atoms with Gasteiger partial charge in [0.05, 0.1) is 11.1 Å². The van der Waals surface area contributed by atoms with Crippen molar-refractivity contribution in [3.63, 3.8) is 0 Å². The Morgan fingerprint density at radius 3 is 2.62 bits per heavy atom. The summed E-state index contributed by atoms with van der Waals surface area (Å²) in [4.78, 5) is 16.7. The maximum Gasteiger partial charge on any atom is 0.227 e. The van der Waals surface area contributed by atoms with Crippen LogP contribution >= 0.6 is 11.6 Å². The predicted octanol–water partition coefficient (Wildman–Crippen LogP) is 3.95. The van der Waals surface area contributed by atoms with Crippen LogP contribution < -0.4 is 16.8 Å². The summed E-state index contributed by atoms with van der Waals surface area (Å²) in [6.45, 7) is 1.57. The van der Waals surface area contributed by atoms with E-state index in [1.54, 1.807) is 6.92 Å². The number of amides is 1. The van der Waals surface area contributed by atoms with Gasteiger partial charge in [0.15, 0.2) is 0 Å². The first kappa shape index (κ1) is 22.3. The molecule has 1 aromatic heterocycles. The van der Waals surface area contributed by atoms with Crippen LogP contribution in [0, 0.1) is 5.41 Å². The molecule has 7 heteroatoms. The lowest BCUT2D eigenvalue weighted by Crippen LogP contribution is -2.50. The number of halogens is 1. The zero-order chi connectivity index (χ0) is 22.9. The van der Waals surface area contributed by atoms with Crippen molar-refractivity contribution in [2.75, 3.05) is 5.32 Å². The predicted molar refractivity (Wildman–Crippen MR) is 128 cm³/mol. The standard InChI is InChI=1S/C25H27ClN4O2/c1-25(23(27)31,24(28)32)14-15-8-10-18(11-9-15)29-22-13-21(16-4-2-5-17(26)12-16)30-20-7-3-6-19(20)22/h2,4-5,8-13,23,31H,3,6-7,14,27H2,1H3,(H2,28,32)(H,29,30). The summed E-state index contributed by atoms with van der Waals surface area (Å²) in [5.41, 5.74) is 16.9. The Bertz CT molecular complexity index is 1150. The number of anilines is 2. The average Bonchev–Trinajstić information content (AvgIpc) is 3.24. The SMILES string of the molecule is CC(Cc1ccc(Nc2cc(-c3cccc(Cl)c3)nc3c2CCC3)cc1)(C(N)=O)C(N)O. The zero-order valence-electron chi connectivity index (χ0n) is 17.9. The Hall–Kier alpha value is -2.93. The fourth-order valence-electron chi connectivity index (χ4n) is 4.07. The number of benzene rings is 2. The van der Waals surface area contributed by atoms with Gasteiger partial charge in [-0.2, -0.15) is 0 Å². The summed E-state index contributed by atoms with van der Waals surface area (Å²) in [6, 6.07) is 17.5. The molecule has 2 aromatic carbocycles. The van der Waals surface area contributed by atoms with E-state index < -0.39 is 17.6 Å². The summed E-state index contributed by atoms with van der Waals surface area (Å²) in [5.74, 6) is -0.629. The van der Waals surface area contributed by atoms with Crippen LogP contribution in [-0.2, 0) is 24.1 Å². The van der Waals surface area contributed by atoms with Crippen LogP contribution in [0.1, 0.15) is 30.2 Å². The summed E-state index contributed by atoms with van der Waals surface area (Å²) in [5, 5.41) is 14.0. The highest BCUT2D eigenvalue weighted by Gasteiger charge is 2.37. The van der Waals surface area contributed by atoms with E-state index in [-0.39, 0.29) is 6.42 Å². The lowest BCUT2D eigenvalue weighted by molar-refractivity contribution is -0.133. The highest BCUT2D eigenvalue weighted by Crippen LogP contribution is 2.34. The van der Waals surface area contributed by atoms with Crippen LogP contribution in [-0.4, -0.2) is 22.2 Å². The molecule has 3 aromatic rings. The maximum atomic E-state index is 11.8. The molecule has 0 spiro atoms. The number of pyridine rings is 1. The number of hydrogen-bond acceptors (Lipinski definition) is 5. The maximum absolute atomic E-state index is 11.8. The zero-order valence-corrected chi connectivity index (χ0v) is 18.7. The molecule has 0 saturated carbocycles. The molecule has 0 aliphatic heterocycles. The van der Waals surface area contributed by atoms with Crippen molar-refractivity contribution < 1.29 is 9.90 Å². The normalized spacial score (nSPS) is 15.6. The lowest BCUT2D eigenvalue weighted by Gasteiger charge is -2.28. The van der Waals surface area contributed by atoms with Crippen LogP contribution in [0.2, 0.25) is 5.02 Å². The van der Waals surface area contributed by atoms with Crippen molar-refractivity contribution in [2.45, 2.75) is 38.8 Å². The molecule has 32 heavy (non-hydrogen) atoms. The van der Waals surface area contributed by atoms with E-state index in [0.29, 0.717) is 5.02 Å². The van der Waals surface area contributed by atoms with Crippen molar-refractivity contribution in [1.82, 2.24) is 4.98 Å². The van der Waals surface area contributed by atoms with Gasteiger partial charge in [0, 0.05) is 27.7 Å². The van der Waals surface area contributed by atoms with Crippen LogP contribution in [0.5, 0.6) is 0 Å². The summed E-state index contributed by atoms with van der Waals surface area (Å²) in [6.07, 6.45) is 1.96. The summed E-state index contributed by atoms with van der Waals surface area (Å²) >= 11 is 6.19. The topological polar surface area (TPSA) is 114 Å². The molecule has 2 unspecified atom stereocenters. The second kappa shape index (κ2) is 8.90. The van der Waals surface area contributed by atoms with Crippen LogP contribution in [0.3, 0.4) is 0 Å². The van der Waals surface area contributed by atoms with Crippen molar-refractivity contribution in [2.24, 2.45) is 16.9 Å². The second-order valence-corrected chi connectivity index (χ2v) is 9.01. The first-order valence-electron chi connectivity index (χ1n) is 10.6. The molecule has 1 amide bonds. The molecule has 1 aliphatic rings. The van der Waals surface area contributed by atoms with Gasteiger partial charge in [-0.15, -0.1) is 0 Å². The number of carbonyl (C=O) groups is 1. The number of carbonyl (C=O) groups excluding carboxylic acids is 1. The number of nitrogens with zero attached hydrogens (tertiary/aromatic N) is 1. The smallest absolute Gasteiger partial charge is 0.227 e. The first-order chi connectivity index (χ1) is 15.3. The van der Waals surface area contributed by atoms with E-state index in [2.05, 4.69) is 11.4 Å². The molecule has 1 aliphatic carbocycles. The number of aliphatic hydroxyl groups excluding tert-OH is 1. The minimum atomic E-state index is -1.33. The monoisotopic (exact) mass is 450 g/mol. The molecular formula is C25H27ClN4O2. The number of nitrogens with two attached hydrogens (primary N) is 2. The number of nitrogens with one attached hydrogen (secondary N) is 1. The Kier molecular flexibility index (Phi) is 6.20. The third kappa shape index (κ3) is 4.48. The largest absolute Gasteiger partial charge is 0.378 e. The third-order valence-electron chi connectivity index (χ3n) is 6.19. The first-order valence-corrected chi connectivity index (χ1v) is 11.0. The molecular weight excluding hydrogens is 424 g/mol. The number of primary amides is 1. The van der Waals surface area contributed by atoms with Crippen molar-refractivity contribution in [3.8, 4) is 11.3 Å². The minimum absolute atomic E-state index is 0.254. The quantitative estimate of drug-likeness (QED) is 0.407. The van der Waals surface area contributed by atoms with Gasteiger partial charge >= 0.3 is 0 Å². The summed E-state index contributed by atoms with van der Waals surface area (Å²) in [7, 11) is 0. The van der Waals surface area contributed by atoms with Crippen molar-refractivity contribution in [3.05, 3.63) is 76.4 Å². The van der Waals surface area contributed by atoms with E-state index in [1.807, 2.05) is 48.5 Å². The Balaban J connectivity index is 1.60. The van der Waals surface area contributed by atoms with Gasteiger partial charge in [-0.3, -0.25) is 9.78 Å². The fourth-order valence-corrected chi connectivity index (χ4v) is 4.26. The fraction of sp³-hybridized carbons (Fsp3) is 0.280. The number of rotatable bonds is 7. The van der Waals surface area contributed by atoms with Crippen LogP contribution in [0.15, 0.2) is 54.6 Å². The Labute approximate surface area is 192 Å². The van der Waals surface area contributed by atoms with Gasteiger partial charge in [-0.25, -0.2) is 0 Å². The van der Waals surface area contributed by atoms with Gasteiger partial charge in [0.25, 0.3) is 0 Å². The molecule has 4 rings (SSSR count). The van der Waals surface area contributed by atoms with E-state index >= 15 is 0 Å². The highest BCUT2D eigenvalue weighted by atomic mass is 35.5. The lowest BCUT2D eigenvalue weighted by atomic mass is 9.81. The Morgan fingerprint density at radius 1 is 1.22 bits per heavy atom. The van der Waals surface area contributed by atoms with Gasteiger partial charge in [0.1, 0.15) is 6.23 Å². The third-order valence-corrected chi connectivity index (χ3v) is 6.43.